The number of carbonyl (C=O) groups is 2. The Balaban J connectivity index is 2.54. The van der Waals surface area contributed by atoms with Gasteiger partial charge in [0, 0.05) is 6.92 Å². The van der Waals surface area contributed by atoms with Crippen molar-refractivity contribution in [3.05, 3.63) is 18.2 Å². The number of anilines is 1. The fourth-order valence-corrected chi connectivity index (χ4v) is 6.39. The summed E-state index contributed by atoms with van der Waals surface area (Å²) >= 11 is 0. The van der Waals surface area contributed by atoms with E-state index in [9.17, 15) is 31.5 Å². The van der Waals surface area contributed by atoms with Gasteiger partial charge in [-0.25, -0.2) is 16.8 Å². The SMILES string of the molecule is COc1ccc(S(=O)(=O)N(CC(=O)O)[C@H]2CS(=O)(=O)C[C@H]2O)cc1NC(C)=O. The maximum Gasteiger partial charge on any atom is 0.318 e. The highest BCUT2D eigenvalue weighted by molar-refractivity contribution is 7.92. The van der Waals surface area contributed by atoms with Crippen LogP contribution in [0.1, 0.15) is 6.92 Å². The molecule has 0 bridgehead atoms. The number of carboxylic acid groups (broad SMARTS) is 1. The zero-order valence-electron chi connectivity index (χ0n) is 15.0. The molecule has 0 radical (unpaired) electrons. The summed E-state index contributed by atoms with van der Waals surface area (Å²) in [4.78, 5) is 22.2. The molecule has 1 saturated heterocycles. The molecular weight excluding hydrogens is 416 g/mol. The third-order valence-corrected chi connectivity index (χ3v) is 7.61. The molecule has 3 N–H and O–H groups in total. The minimum atomic E-state index is -4.52. The average molecular weight is 436 g/mol. The van der Waals surface area contributed by atoms with Crippen LogP contribution in [0.25, 0.3) is 0 Å². The third-order valence-electron chi connectivity index (χ3n) is 4.04. The highest BCUT2D eigenvalue weighted by Gasteiger charge is 2.45. The van der Waals surface area contributed by atoms with Gasteiger partial charge in [-0.2, -0.15) is 4.31 Å². The van der Waals surface area contributed by atoms with Crippen LogP contribution in [0.2, 0.25) is 0 Å². The first-order valence-electron chi connectivity index (χ1n) is 7.95. The van der Waals surface area contributed by atoms with E-state index in [1.807, 2.05) is 0 Å². The van der Waals surface area contributed by atoms with E-state index in [2.05, 4.69) is 5.32 Å². The number of sulfone groups is 1. The Morgan fingerprint density at radius 1 is 1.32 bits per heavy atom. The monoisotopic (exact) mass is 436 g/mol. The second kappa shape index (κ2) is 8.03. The molecule has 0 aromatic heterocycles. The third kappa shape index (κ3) is 4.79. The number of nitrogens with zero attached hydrogens (tertiary/aromatic N) is 1. The Hall–Kier alpha value is -2.22. The number of aliphatic hydroxyl groups is 1. The van der Waals surface area contributed by atoms with E-state index in [-0.39, 0.29) is 11.4 Å². The molecule has 1 aliphatic heterocycles. The van der Waals surface area contributed by atoms with Gasteiger partial charge in [0.1, 0.15) is 12.3 Å². The van der Waals surface area contributed by atoms with Crippen LogP contribution in [0.15, 0.2) is 23.1 Å². The Morgan fingerprint density at radius 3 is 2.43 bits per heavy atom. The number of nitrogens with one attached hydrogen (secondary N) is 1. The molecule has 11 nitrogen and oxygen atoms in total. The van der Waals surface area contributed by atoms with Gasteiger partial charge in [0.25, 0.3) is 0 Å². The van der Waals surface area contributed by atoms with E-state index in [1.165, 1.54) is 20.1 Å². The maximum atomic E-state index is 13.1. The number of aliphatic hydroxyl groups excluding tert-OH is 1. The van der Waals surface area contributed by atoms with Gasteiger partial charge in [-0.1, -0.05) is 0 Å². The topological polar surface area (TPSA) is 167 Å². The highest BCUT2D eigenvalue weighted by Crippen LogP contribution is 2.31. The molecule has 0 saturated carbocycles. The standard InChI is InChI=1S/C15H20N2O9S2/c1-9(18)16-11-5-10(3-4-14(11)26-2)28(24,25)17(6-15(20)21)12-7-27(22,23)8-13(12)19/h3-5,12-13,19H,6-8H2,1-2H3,(H,16,18)(H,20,21)/t12-,13+/m0/s1. The first-order valence-corrected chi connectivity index (χ1v) is 11.2. The fourth-order valence-electron chi connectivity index (χ4n) is 2.87. The molecule has 1 aliphatic rings. The van der Waals surface area contributed by atoms with E-state index in [0.29, 0.717) is 4.31 Å². The van der Waals surface area contributed by atoms with Crippen molar-refractivity contribution in [2.45, 2.75) is 24.0 Å². The number of hydrogen-bond acceptors (Lipinski definition) is 8. The predicted molar refractivity (Wildman–Crippen MR) is 97.3 cm³/mol. The minimum absolute atomic E-state index is 0.0333. The number of benzene rings is 1. The van der Waals surface area contributed by atoms with Crippen molar-refractivity contribution in [3.8, 4) is 5.75 Å². The van der Waals surface area contributed by atoms with Crippen molar-refractivity contribution >= 4 is 37.4 Å². The molecule has 28 heavy (non-hydrogen) atoms. The lowest BCUT2D eigenvalue weighted by Gasteiger charge is -2.28. The summed E-state index contributed by atoms with van der Waals surface area (Å²) in [6.07, 6.45) is -1.56. The molecule has 1 heterocycles. The van der Waals surface area contributed by atoms with E-state index < -0.39 is 66.8 Å². The van der Waals surface area contributed by atoms with E-state index in [0.717, 1.165) is 12.1 Å². The van der Waals surface area contributed by atoms with Crippen LogP contribution < -0.4 is 10.1 Å². The summed E-state index contributed by atoms with van der Waals surface area (Å²) in [5.74, 6) is -3.20. The number of carboxylic acids is 1. The van der Waals surface area contributed by atoms with Gasteiger partial charge in [0.2, 0.25) is 15.9 Å². The van der Waals surface area contributed by atoms with Crippen LogP contribution in [0.4, 0.5) is 5.69 Å². The van der Waals surface area contributed by atoms with E-state index in [4.69, 9.17) is 9.84 Å². The van der Waals surface area contributed by atoms with Gasteiger partial charge >= 0.3 is 5.97 Å². The fraction of sp³-hybridized carbons (Fsp3) is 0.467. The summed E-state index contributed by atoms with van der Waals surface area (Å²) in [5, 5.41) is 21.5. The molecule has 1 amide bonds. The molecule has 156 valence electrons. The van der Waals surface area contributed by atoms with Crippen LogP contribution >= 0.6 is 0 Å². The van der Waals surface area contributed by atoms with Crippen LogP contribution in [0, 0.1) is 0 Å². The normalized spacial score (nSPS) is 21.4. The minimum Gasteiger partial charge on any atom is -0.495 e. The first-order chi connectivity index (χ1) is 12.9. The Labute approximate surface area is 161 Å². The molecule has 0 unspecified atom stereocenters. The van der Waals surface area contributed by atoms with Gasteiger partial charge in [-0.05, 0) is 18.2 Å². The smallest absolute Gasteiger partial charge is 0.318 e. The van der Waals surface area contributed by atoms with Crippen LogP contribution in [0.3, 0.4) is 0 Å². The largest absolute Gasteiger partial charge is 0.495 e. The van der Waals surface area contributed by atoms with Crippen molar-refractivity contribution in [1.29, 1.82) is 0 Å². The quantitative estimate of drug-likeness (QED) is 0.480. The lowest BCUT2D eigenvalue weighted by atomic mass is 10.2. The molecule has 1 fully saturated rings. The van der Waals surface area contributed by atoms with Crippen molar-refractivity contribution < 1.29 is 41.4 Å². The summed E-state index contributed by atoms with van der Waals surface area (Å²) in [6.45, 7) is 0.165. The molecule has 0 spiro atoms. The predicted octanol–water partition coefficient (Wildman–Crippen LogP) is -1.11. The number of amides is 1. The summed E-state index contributed by atoms with van der Waals surface area (Å²) in [6, 6.07) is 2.01. The number of sulfonamides is 1. The van der Waals surface area contributed by atoms with Crippen molar-refractivity contribution in [2.75, 3.05) is 30.5 Å². The lowest BCUT2D eigenvalue weighted by molar-refractivity contribution is -0.137. The zero-order valence-corrected chi connectivity index (χ0v) is 16.7. The number of aliphatic carboxylic acids is 1. The van der Waals surface area contributed by atoms with Crippen LogP contribution in [0.5, 0.6) is 5.75 Å². The van der Waals surface area contributed by atoms with Gasteiger partial charge < -0.3 is 20.3 Å². The highest BCUT2D eigenvalue weighted by atomic mass is 32.2. The molecule has 13 heteroatoms. The Kier molecular flexibility index (Phi) is 6.33. The first kappa shape index (κ1) is 22.1. The molecule has 1 aromatic carbocycles. The summed E-state index contributed by atoms with van der Waals surface area (Å²) in [5.41, 5.74) is 0.0333. The summed E-state index contributed by atoms with van der Waals surface area (Å²) < 4.78 is 55.1. The van der Waals surface area contributed by atoms with Gasteiger partial charge in [-0.15, -0.1) is 0 Å². The maximum absolute atomic E-state index is 13.1. The number of hydrogen-bond donors (Lipinski definition) is 3. The summed E-state index contributed by atoms with van der Waals surface area (Å²) in [7, 11) is -6.94. The van der Waals surface area contributed by atoms with Crippen molar-refractivity contribution in [2.24, 2.45) is 0 Å². The number of carbonyl (C=O) groups excluding carboxylic acids is 1. The van der Waals surface area contributed by atoms with E-state index in [1.54, 1.807) is 0 Å². The second-order valence-electron chi connectivity index (χ2n) is 6.20. The Morgan fingerprint density at radius 2 is 1.96 bits per heavy atom. The molecule has 0 aliphatic carbocycles. The van der Waals surface area contributed by atoms with Gasteiger partial charge in [0.05, 0.1) is 41.3 Å². The molecule has 2 atom stereocenters. The van der Waals surface area contributed by atoms with Crippen LogP contribution in [-0.2, 0) is 29.4 Å². The van der Waals surface area contributed by atoms with Crippen LogP contribution in [-0.4, -0.2) is 80.5 Å². The zero-order chi connectivity index (χ0) is 21.3. The molecule has 2 rings (SSSR count). The number of ether oxygens (including phenoxy) is 1. The average Bonchev–Trinajstić information content (AvgIpc) is 2.84. The van der Waals surface area contributed by atoms with Crippen molar-refractivity contribution in [3.63, 3.8) is 0 Å². The second-order valence-corrected chi connectivity index (χ2v) is 10.2. The molecular formula is C15H20N2O9S2. The van der Waals surface area contributed by atoms with Gasteiger partial charge in [-0.3, -0.25) is 9.59 Å². The van der Waals surface area contributed by atoms with Gasteiger partial charge in [0.15, 0.2) is 9.84 Å². The van der Waals surface area contributed by atoms with E-state index >= 15 is 0 Å². The van der Waals surface area contributed by atoms with Crippen molar-refractivity contribution in [1.82, 2.24) is 4.31 Å². The molecule has 1 aromatic rings. The lowest BCUT2D eigenvalue weighted by Crippen LogP contribution is -2.48. The number of methoxy groups -OCH3 is 1. The Bertz CT molecular complexity index is 989. The number of rotatable bonds is 7.